The monoisotopic (exact) mass is 489 g/mol. The molecule has 1 unspecified atom stereocenters. The van der Waals surface area contributed by atoms with Gasteiger partial charge in [-0.15, -0.1) is 5.10 Å². The summed E-state index contributed by atoms with van der Waals surface area (Å²) in [7, 11) is 0. The van der Waals surface area contributed by atoms with Gasteiger partial charge in [-0.1, -0.05) is 60.5 Å². The number of amides is 2. The number of aromatic nitrogens is 3. The van der Waals surface area contributed by atoms with Crippen molar-refractivity contribution in [1.82, 2.24) is 20.3 Å². The molecule has 1 atom stereocenters. The minimum atomic E-state index is -1.43. The molecule has 184 valence electrons. The molecule has 1 saturated carbocycles. The van der Waals surface area contributed by atoms with Crippen LogP contribution in [0, 0.1) is 11.6 Å². The maximum absolute atomic E-state index is 15.1. The summed E-state index contributed by atoms with van der Waals surface area (Å²) >= 11 is 0. The summed E-state index contributed by atoms with van der Waals surface area (Å²) in [5, 5.41) is 11.1. The minimum absolute atomic E-state index is 0.0203. The van der Waals surface area contributed by atoms with Gasteiger partial charge in [0, 0.05) is 11.6 Å². The van der Waals surface area contributed by atoms with Crippen molar-refractivity contribution in [3.05, 3.63) is 90.0 Å². The highest BCUT2D eigenvalue weighted by Crippen LogP contribution is 2.32. The summed E-state index contributed by atoms with van der Waals surface area (Å²) in [6.45, 7) is -0.323. The number of hydrogen-bond donors (Lipinski definition) is 1. The average molecular weight is 490 g/mol. The van der Waals surface area contributed by atoms with E-state index in [2.05, 4.69) is 15.6 Å². The largest absolute Gasteiger partial charge is 0.351 e. The zero-order valence-electron chi connectivity index (χ0n) is 19.5. The lowest BCUT2D eigenvalue weighted by molar-refractivity contribution is -0.127. The number of nitrogens with zero attached hydrogens (tertiary/aromatic N) is 4. The van der Waals surface area contributed by atoms with Gasteiger partial charge in [0.05, 0.1) is 11.2 Å². The molecule has 1 aliphatic rings. The molecule has 0 bridgehead atoms. The number of fused-ring (bicyclic) bond motifs is 1. The van der Waals surface area contributed by atoms with Crippen LogP contribution < -0.4 is 10.2 Å². The Bertz CT molecular complexity index is 1400. The van der Waals surface area contributed by atoms with Crippen LogP contribution in [-0.4, -0.2) is 32.9 Å². The Hall–Kier alpha value is -4.14. The molecule has 7 nitrogen and oxygen atoms in total. The highest BCUT2D eigenvalue weighted by atomic mass is 19.1. The third-order valence-electron chi connectivity index (χ3n) is 6.49. The SMILES string of the molecule is O=C(NC1CCCC1)C(c1ccccc1F)N(C(=O)Cn1nnc2ccccc21)c1ccccc1F. The molecule has 1 aliphatic carbocycles. The Labute approximate surface area is 206 Å². The fourth-order valence-corrected chi connectivity index (χ4v) is 4.75. The highest BCUT2D eigenvalue weighted by molar-refractivity contribution is 6.01. The lowest BCUT2D eigenvalue weighted by Crippen LogP contribution is -2.48. The number of anilines is 1. The van der Waals surface area contributed by atoms with Crippen molar-refractivity contribution in [2.45, 2.75) is 44.3 Å². The van der Waals surface area contributed by atoms with Crippen LogP contribution >= 0.6 is 0 Å². The third-order valence-corrected chi connectivity index (χ3v) is 6.49. The van der Waals surface area contributed by atoms with E-state index in [-0.39, 0.29) is 23.8 Å². The summed E-state index contributed by atoms with van der Waals surface area (Å²) < 4.78 is 31.6. The lowest BCUT2D eigenvalue weighted by Gasteiger charge is -2.32. The number of halogens is 2. The molecule has 4 aromatic rings. The number of benzene rings is 3. The van der Waals surface area contributed by atoms with Crippen molar-refractivity contribution in [3.63, 3.8) is 0 Å². The van der Waals surface area contributed by atoms with E-state index in [4.69, 9.17) is 0 Å². The van der Waals surface area contributed by atoms with Gasteiger partial charge in [0.2, 0.25) is 11.8 Å². The van der Waals surface area contributed by atoms with Crippen molar-refractivity contribution in [2.24, 2.45) is 0 Å². The molecule has 1 aromatic heterocycles. The van der Waals surface area contributed by atoms with E-state index in [1.807, 2.05) is 0 Å². The molecule has 3 aromatic carbocycles. The normalized spacial score (nSPS) is 14.6. The maximum Gasteiger partial charge on any atom is 0.249 e. The Morgan fingerprint density at radius 2 is 1.61 bits per heavy atom. The van der Waals surface area contributed by atoms with Crippen molar-refractivity contribution in [1.29, 1.82) is 0 Å². The number of nitrogens with one attached hydrogen (secondary N) is 1. The van der Waals surface area contributed by atoms with Crippen LogP contribution in [0.4, 0.5) is 14.5 Å². The molecule has 36 heavy (non-hydrogen) atoms. The van der Waals surface area contributed by atoms with E-state index in [1.165, 1.54) is 41.1 Å². The first kappa shape index (κ1) is 23.6. The number of para-hydroxylation sites is 2. The topological polar surface area (TPSA) is 80.1 Å². The van der Waals surface area contributed by atoms with Gasteiger partial charge in [0.15, 0.2) is 0 Å². The van der Waals surface area contributed by atoms with Crippen LogP contribution in [0.25, 0.3) is 11.0 Å². The number of carbonyl (C=O) groups is 2. The molecule has 0 spiro atoms. The second-order valence-corrected chi connectivity index (χ2v) is 8.86. The van der Waals surface area contributed by atoms with Crippen LogP contribution in [0.15, 0.2) is 72.8 Å². The first-order chi connectivity index (χ1) is 17.5. The van der Waals surface area contributed by atoms with E-state index in [0.717, 1.165) is 30.6 Å². The van der Waals surface area contributed by atoms with Crippen molar-refractivity contribution < 1.29 is 18.4 Å². The van der Waals surface area contributed by atoms with Crippen molar-refractivity contribution in [3.8, 4) is 0 Å². The van der Waals surface area contributed by atoms with Gasteiger partial charge in [0.1, 0.15) is 29.7 Å². The van der Waals surface area contributed by atoms with E-state index in [9.17, 15) is 9.59 Å². The Morgan fingerprint density at radius 3 is 2.36 bits per heavy atom. The fraction of sp³-hybridized carbons (Fsp3) is 0.259. The molecule has 1 fully saturated rings. The Balaban J connectivity index is 1.60. The van der Waals surface area contributed by atoms with Gasteiger partial charge >= 0.3 is 0 Å². The lowest BCUT2D eigenvalue weighted by atomic mass is 10.0. The molecule has 0 aliphatic heterocycles. The fourth-order valence-electron chi connectivity index (χ4n) is 4.75. The zero-order valence-corrected chi connectivity index (χ0v) is 19.5. The van der Waals surface area contributed by atoms with Crippen LogP contribution in [0.1, 0.15) is 37.3 Å². The van der Waals surface area contributed by atoms with Crippen molar-refractivity contribution >= 4 is 28.5 Å². The Kier molecular flexibility index (Phi) is 6.71. The zero-order chi connectivity index (χ0) is 25.1. The number of hydrogen-bond acceptors (Lipinski definition) is 4. The summed E-state index contributed by atoms with van der Waals surface area (Å²) in [5.41, 5.74) is 1.05. The van der Waals surface area contributed by atoms with E-state index in [1.54, 1.807) is 36.4 Å². The summed E-state index contributed by atoms with van der Waals surface area (Å²) in [6, 6.07) is 17.0. The first-order valence-corrected chi connectivity index (χ1v) is 11.9. The predicted octanol–water partition coefficient (Wildman–Crippen LogP) is 4.54. The predicted molar refractivity (Wildman–Crippen MR) is 131 cm³/mol. The molecule has 0 radical (unpaired) electrons. The summed E-state index contributed by atoms with van der Waals surface area (Å²) in [6.07, 6.45) is 3.55. The average Bonchev–Trinajstić information content (AvgIpc) is 3.54. The molecule has 5 rings (SSSR count). The van der Waals surface area contributed by atoms with Gasteiger partial charge in [-0.2, -0.15) is 0 Å². The summed E-state index contributed by atoms with van der Waals surface area (Å²) in [5.74, 6) is -2.56. The molecule has 1 heterocycles. The van der Waals surface area contributed by atoms with E-state index in [0.29, 0.717) is 11.0 Å². The Morgan fingerprint density at radius 1 is 0.944 bits per heavy atom. The molecular formula is C27H25F2N5O2. The second kappa shape index (κ2) is 10.2. The van der Waals surface area contributed by atoms with Gasteiger partial charge < -0.3 is 5.32 Å². The van der Waals surface area contributed by atoms with Crippen LogP contribution in [0.3, 0.4) is 0 Å². The van der Waals surface area contributed by atoms with Gasteiger partial charge in [0.25, 0.3) is 0 Å². The van der Waals surface area contributed by atoms with Crippen LogP contribution in [0.5, 0.6) is 0 Å². The molecule has 2 amide bonds. The molecular weight excluding hydrogens is 464 g/mol. The van der Waals surface area contributed by atoms with Gasteiger partial charge in [-0.25, -0.2) is 13.5 Å². The van der Waals surface area contributed by atoms with Crippen LogP contribution in [0.2, 0.25) is 0 Å². The highest BCUT2D eigenvalue weighted by Gasteiger charge is 2.37. The second-order valence-electron chi connectivity index (χ2n) is 8.86. The van der Waals surface area contributed by atoms with E-state index < -0.39 is 29.5 Å². The molecule has 1 N–H and O–H groups in total. The van der Waals surface area contributed by atoms with Gasteiger partial charge in [-0.05, 0) is 43.2 Å². The number of rotatable bonds is 7. The number of carbonyl (C=O) groups excluding carboxylic acids is 2. The maximum atomic E-state index is 15.1. The van der Waals surface area contributed by atoms with Crippen LogP contribution in [-0.2, 0) is 16.1 Å². The smallest absolute Gasteiger partial charge is 0.249 e. The first-order valence-electron chi connectivity index (χ1n) is 11.9. The molecule has 0 saturated heterocycles. The quantitative estimate of drug-likeness (QED) is 0.413. The van der Waals surface area contributed by atoms with Crippen molar-refractivity contribution in [2.75, 3.05) is 4.90 Å². The minimum Gasteiger partial charge on any atom is -0.351 e. The summed E-state index contributed by atoms with van der Waals surface area (Å²) in [4.78, 5) is 28.5. The standard InChI is InChI=1S/C27H25F2N5O2/c28-20-12-4-3-11-19(20)26(27(36)30-18-9-1-2-10-18)34(23-15-7-5-13-21(23)29)25(35)17-33-24-16-8-6-14-22(24)31-32-33/h3-8,11-16,18,26H,1-2,9-10,17H2,(H,30,36). The third kappa shape index (κ3) is 4.68. The molecule has 9 heteroatoms. The van der Waals surface area contributed by atoms with E-state index >= 15 is 8.78 Å². The van der Waals surface area contributed by atoms with Gasteiger partial charge in [-0.3, -0.25) is 14.5 Å².